The molecule has 49 heteroatoms. The fraction of sp³-hybridized carbons (Fsp3) is 0.716. The first kappa shape index (κ1) is 112. The predicted molar refractivity (Wildman–Crippen MR) is 458 cm³/mol. The fourth-order valence-corrected chi connectivity index (χ4v) is 21.8. The van der Waals surface area contributed by atoms with Crippen LogP contribution < -0.4 is 55.3 Å². The number of aliphatic imine (C=N–C) groups is 1. The van der Waals surface area contributed by atoms with E-state index in [1.54, 1.807) is 26.8 Å². The van der Waals surface area contributed by atoms with Crippen molar-refractivity contribution < 1.29 is 151 Å². The van der Waals surface area contributed by atoms with Crippen molar-refractivity contribution in [3.05, 3.63) is 72.8 Å². The molecule has 36 nitrogen and oxygen atoms in total. The lowest BCUT2D eigenvalue weighted by Crippen LogP contribution is -2.63. The van der Waals surface area contributed by atoms with E-state index >= 15 is 0 Å². The first-order valence-corrected chi connectivity index (χ1v) is 47.8. The van der Waals surface area contributed by atoms with E-state index in [1.807, 2.05) is 9.80 Å². The molecular formula is C81H125ClF9N12O24S3+. The highest BCUT2D eigenvalue weighted by atomic mass is 35.5. The second kappa shape index (κ2) is 55.1. The number of carboxylic acids is 1. The van der Waals surface area contributed by atoms with Crippen LogP contribution in [0, 0.1) is 0 Å². The number of ether oxygens (including phenoxy) is 11. The maximum absolute atomic E-state index is 14.1. The zero-order valence-electron chi connectivity index (χ0n) is 73.8. The normalized spacial score (nSPS) is 20.7. The number of nitrogens with one attached hydrogen (secondary N) is 3. The number of amides is 2. The topological polar surface area (TPSA) is 422 Å². The SMILES string of the molecule is C=[N+]=C=NCCCNCC.CCl.COCCN1CCC(C(=O)NO)(S(=O)(=O)N2CCC(Oc3ccc(OC(F)(F)F)cc3)CC2)CC1.COCCN1CCC(C(=O)NOC2CCCCO2)(S(=O)(=O)N2CCC(Oc3ccc(OC(F)(F)F)cc3)CC2)CC1.COCCN1CCC(C(=O)O)(S(=O)(=O)N2CCC(Oc3ccc(OC(F)(F)F)cc3)CC2)CC1.NOC1CCCCO1. The third kappa shape index (κ3) is 35.0. The molecule has 8 fully saturated rings. The van der Waals surface area contributed by atoms with Crippen molar-refractivity contribution in [3.8, 4) is 34.5 Å². The van der Waals surface area contributed by atoms with Gasteiger partial charge >= 0.3 is 31.1 Å². The number of methoxy groups -OCH3 is 3. The van der Waals surface area contributed by atoms with Crippen LogP contribution in [0.15, 0.2) is 77.8 Å². The number of aliphatic carboxylic acids is 1. The van der Waals surface area contributed by atoms with E-state index in [1.165, 1.54) is 62.1 Å². The Balaban J connectivity index is 0.000000271. The lowest BCUT2D eigenvalue weighted by Gasteiger charge is -2.43. The van der Waals surface area contributed by atoms with Crippen molar-refractivity contribution in [1.82, 2.24) is 48.6 Å². The van der Waals surface area contributed by atoms with Crippen molar-refractivity contribution in [2.24, 2.45) is 10.9 Å². The Kier molecular flexibility index (Phi) is 47.3. The van der Waals surface area contributed by atoms with Crippen molar-refractivity contribution in [2.75, 3.05) is 179 Å². The van der Waals surface area contributed by atoms with E-state index in [4.69, 9.17) is 48.6 Å². The number of rotatable bonds is 35. The Morgan fingerprint density at radius 3 is 1.11 bits per heavy atom. The average Bonchev–Trinajstić information content (AvgIpc) is 0.749. The van der Waals surface area contributed by atoms with Crippen LogP contribution in [0.1, 0.15) is 129 Å². The summed E-state index contributed by atoms with van der Waals surface area (Å²) in [5.74, 6) is 1.83. The minimum Gasteiger partial charge on any atom is -0.490 e. The summed E-state index contributed by atoms with van der Waals surface area (Å²) in [7, 11) is -7.57. The Morgan fingerprint density at radius 2 is 0.831 bits per heavy atom. The molecule has 3 aromatic rings. The molecule has 7 N–H and O–H groups in total. The minimum atomic E-state index is -4.79. The molecule has 8 heterocycles. The van der Waals surface area contributed by atoms with Gasteiger partial charge in [0, 0.05) is 158 Å². The number of hydrogen-bond acceptors (Lipinski definition) is 29. The number of carbonyl (C=O) groups excluding carboxylic acids is 2. The number of likely N-dealkylation sites (tertiary alicyclic amines) is 3. The first-order chi connectivity index (χ1) is 61.8. The molecule has 8 aliphatic rings. The van der Waals surface area contributed by atoms with Gasteiger partial charge in [0.15, 0.2) is 33.5 Å². The van der Waals surface area contributed by atoms with Gasteiger partial charge in [-0.1, -0.05) is 6.92 Å². The van der Waals surface area contributed by atoms with Gasteiger partial charge in [-0.25, -0.2) is 59.9 Å². The molecule has 0 aromatic heterocycles. The standard InChI is InChI=1S/C26H38F3N3O8S.C21H30F3N3O7S.C21H29F3N2O7S.C7H14N3.C5H11NO2.CH3Cl/c1-36-19-17-31-15-11-25(12-16-31,24(33)30-40-23-4-2-3-18-37-23)41(34,35)32-13-9-21(10-14-32)38-20-5-7-22(8-6-20)39-26(27,28)29;1-32-15-14-26-12-8-20(9-13-26,19(28)25-29)35(30,31)27-10-6-17(7-11-27)33-16-2-4-18(5-3-16)34-21(22,23)24;1-31-15-14-25-12-8-20(9-13-25,19(27)28)34(29,30)26-10-6-17(7-11-26)32-16-2-4-18(5-3-16)33-21(22,23)24;1-3-9-5-4-6-10-7-8-2;6-8-5-3-1-2-4-7-5;1-2/h5-8,21,23H,2-4,9-19H2,1H3,(H,30,33);2-5,17,29H,6-15H2,1H3,(H,25,28);2-5,17H,6-15H2,1H3,(H,27,28);9H,2-6H2,1H3;5H,1-4,6H2;1H3/q;;;+1;;. The summed E-state index contributed by atoms with van der Waals surface area (Å²) in [6.45, 7) is 15.7. The average molecular weight is 1950 g/mol. The third-order valence-corrected chi connectivity index (χ3v) is 30.5. The van der Waals surface area contributed by atoms with Crippen LogP contribution in [0.4, 0.5) is 39.5 Å². The number of hydrogen-bond donors (Lipinski definition) is 6. The van der Waals surface area contributed by atoms with E-state index in [0.717, 1.165) is 94.7 Å². The summed E-state index contributed by atoms with van der Waals surface area (Å²) in [4.78, 5) is 58.2. The van der Waals surface area contributed by atoms with Gasteiger partial charge in [-0.05, 0) is 194 Å². The third-order valence-electron chi connectivity index (χ3n) is 22.7. The maximum atomic E-state index is 14.1. The zero-order valence-corrected chi connectivity index (χ0v) is 77.0. The summed E-state index contributed by atoms with van der Waals surface area (Å²) in [6, 6.07) is 17.4. The molecule has 0 saturated carbocycles. The quantitative estimate of drug-likeness (QED) is 0.00616. The highest BCUT2D eigenvalue weighted by molar-refractivity contribution is 7.92. The van der Waals surface area contributed by atoms with Gasteiger partial charge in [0.25, 0.3) is 11.8 Å². The van der Waals surface area contributed by atoms with Crippen molar-refractivity contribution in [1.29, 1.82) is 0 Å². The van der Waals surface area contributed by atoms with Crippen LogP contribution in [0.2, 0.25) is 0 Å². The molecule has 11 rings (SSSR count). The second-order valence-corrected chi connectivity index (χ2v) is 37.8. The highest BCUT2D eigenvalue weighted by Gasteiger charge is 2.59. The number of halogens is 10. The van der Waals surface area contributed by atoms with Crippen LogP contribution >= 0.6 is 11.6 Å². The maximum Gasteiger partial charge on any atom is 0.573 e. The number of carboxylic acid groups (broad SMARTS) is 1. The lowest BCUT2D eigenvalue weighted by atomic mass is 9.95. The number of nitrogens with zero attached hydrogens (tertiary/aromatic N) is 8. The molecular weight excluding hydrogens is 1830 g/mol. The molecule has 740 valence electrons. The number of benzene rings is 3. The number of hydroxylamine groups is 2. The summed E-state index contributed by atoms with van der Waals surface area (Å²) in [5.41, 5.74) is 3.95. The van der Waals surface area contributed by atoms with Crippen LogP contribution in [0.5, 0.6) is 34.5 Å². The number of nitrogens with two attached hydrogens (primary N) is 1. The number of sulfonamides is 3. The lowest BCUT2D eigenvalue weighted by molar-refractivity contribution is -0.275. The van der Waals surface area contributed by atoms with Crippen molar-refractivity contribution in [3.63, 3.8) is 0 Å². The summed E-state index contributed by atoms with van der Waals surface area (Å²) < 4.78 is 250. The monoisotopic (exact) mass is 1950 g/mol. The molecule has 2 atom stereocenters. The molecule has 8 aliphatic heterocycles. The zero-order chi connectivity index (χ0) is 95.7. The molecule has 2 unspecified atom stereocenters. The number of alkyl halides is 10. The van der Waals surface area contributed by atoms with Gasteiger partial charge in [-0.15, -0.1) is 51.1 Å². The number of piperidine rings is 6. The van der Waals surface area contributed by atoms with E-state index in [0.29, 0.717) is 148 Å². The van der Waals surface area contributed by atoms with Crippen LogP contribution in [0.3, 0.4) is 0 Å². The van der Waals surface area contributed by atoms with Gasteiger partial charge in [0.2, 0.25) is 30.1 Å². The minimum absolute atomic E-state index is 0.00282. The van der Waals surface area contributed by atoms with Gasteiger partial charge in [-0.2, -0.15) is 4.67 Å². The Labute approximate surface area is 758 Å². The second-order valence-electron chi connectivity index (χ2n) is 31.1. The van der Waals surface area contributed by atoms with Crippen LogP contribution in [-0.4, -0.2) is 336 Å². The van der Waals surface area contributed by atoms with E-state index in [-0.39, 0.29) is 120 Å². The van der Waals surface area contributed by atoms with Crippen molar-refractivity contribution in [2.45, 2.75) is 193 Å². The van der Waals surface area contributed by atoms with E-state index in [2.05, 4.69) is 75.7 Å². The highest BCUT2D eigenvalue weighted by Crippen LogP contribution is 2.41. The summed E-state index contributed by atoms with van der Waals surface area (Å²) >= 11 is 4.64. The number of carbonyl (C=O) groups is 3. The van der Waals surface area contributed by atoms with E-state index in [9.17, 15) is 89.5 Å². The molecule has 8 saturated heterocycles. The predicted octanol–water partition coefficient (Wildman–Crippen LogP) is 8.07. The molecule has 0 radical (unpaired) electrons. The molecule has 2 amide bonds. The largest absolute Gasteiger partial charge is 0.573 e. The first-order valence-electron chi connectivity index (χ1n) is 42.7. The molecule has 3 aromatic carbocycles. The van der Waals surface area contributed by atoms with Crippen molar-refractivity contribution >= 4 is 72.2 Å². The van der Waals surface area contributed by atoms with Gasteiger partial charge < -0.3 is 77.2 Å². The van der Waals surface area contributed by atoms with Gasteiger partial charge in [0.1, 0.15) is 59.4 Å². The van der Waals surface area contributed by atoms with Crippen LogP contribution in [0.25, 0.3) is 0 Å². The van der Waals surface area contributed by atoms with Gasteiger partial charge in [-0.3, -0.25) is 24.4 Å². The Morgan fingerprint density at radius 1 is 0.515 bits per heavy atom. The molecule has 130 heavy (non-hydrogen) atoms. The van der Waals surface area contributed by atoms with E-state index < -0.39 is 87.5 Å². The van der Waals surface area contributed by atoms with Crippen LogP contribution in [-0.2, 0) is 77.8 Å². The Hall–Kier alpha value is -7.10. The fourth-order valence-electron chi connectivity index (χ4n) is 15.4. The molecule has 0 aliphatic carbocycles. The van der Waals surface area contributed by atoms with Gasteiger partial charge in [0.05, 0.1) is 19.8 Å². The Bertz CT molecular complexity index is 4240. The molecule has 0 spiro atoms. The summed E-state index contributed by atoms with van der Waals surface area (Å²) in [5, 5.41) is 22.4. The smallest absolute Gasteiger partial charge is 0.490 e. The summed E-state index contributed by atoms with van der Waals surface area (Å²) in [6.07, 6.45) is -5.71. The molecule has 0 bridgehead atoms.